The Labute approximate surface area is 86.4 Å². The molecule has 2 N–H and O–H groups in total. The van der Waals surface area contributed by atoms with Gasteiger partial charge in [-0.15, -0.1) is 11.3 Å². The van der Waals surface area contributed by atoms with Crippen molar-refractivity contribution in [3.8, 4) is 0 Å². The molecule has 0 amide bonds. The summed E-state index contributed by atoms with van der Waals surface area (Å²) in [5.74, 6) is 0.551. The van der Waals surface area contributed by atoms with E-state index in [4.69, 9.17) is 5.73 Å². The Morgan fingerprint density at radius 2 is 2.29 bits per heavy atom. The average molecular weight is 208 g/mol. The lowest BCUT2D eigenvalue weighted by Crippen LogP contribution is -2.02. The number of aryl methyl sites for hydroxylation is 2. The van der Waals surface area contributed by atoms with E-state index in [2.05, 4.69) is 17.0 Å². The zero-order valence-electron chi connectivity index (χ0n) is 8.19. The molecule has 2 aromatic heterocycles. The highest BCUT2D eigenvalue weighted by molar-refractivity contribution is 7.11. The van der Waals surface area contributed by atoms with E-state index in [1.165, 1.54) is 4.88 Å². The summed E-state index contributed by atoms with van der Waals surface area (Å²) in [5.41, 5.74) is 6.61. The smallest absolute Gasteiger partial charge is 0.145 e. The van der Waals surface area contributed by atoms with Gasteiger partial charge in [-0.3, -0.25) is 4.68 Å². The first-order valence-corrected chi connectivity index (χ1v) is 5.18. The number of hydrogen-bond acceptors (Lipinski definition) is 4. The van der Waals surface area contributed by atoms with Gasteiger partial charge in [0.25, 0.3) is 0 Å². The number of nitrogens with two attached hydrogens (primary N) is 1. The molecule has 0 fully saturated rings. The summed E-state index contributed by atoms with van der Waals surface area (Å²) in [4.78, 5) is 5.68. The highest BCUT2D eigenvalue weighted by atomic mass is 32.1. The molecule has 0 spiro atoms. The molecule has 0 atom stereocenters. The summed E-state index contributed by atoms with van der Waals surface area (Å²) in [5, 5.41) is 5.21. The van der Waals surface area contributed by atoms with E-state index in [9.17, 15) is 0 Å². The number of nitrogens with zero attached hydrogens (tertiary/aromatic N) is 3. The molecule has 0 saturated carbocycles. The first kappa shape index (κ1) is 9.21. The minimum Gasteiger partial charge on any atom is -0.382 e. The minimum absolute atomic E-state index is 0.551. The van der Waals surface area contributed by atoms with Crippen molar-refractivity contribution in [2.75, 3.05) is 5.73 Å². The SMILES string of the molecule is Cc1nc(Cn2ccc(N)n2)c(C)s1. The van der Waals surface area contributed by atoms with Crippen molar-refractivity contribution >= 4 is 17.2 Å². The van der Waals surface area contributed by atoms with Gasteiger partial charge in [0.15, 0.2) is 0 Å². The Bertz CT molecular complexity index is 443. The number of thiazole rings is 1. The Kier molecular flexibility index (Phi) is 2.25. The van der Waals surface area contributed by atoms with Crippen LogP contribution in [0.4, 0.5) is 5.82 Å². The van der Waals surface area contributed by atoms with E-state index in [1.54, 1.807) is 22.1 Å². The largest absolute Gasteiger partial charge is 0.382 e. The summed E-state index contributed by atoms with van der Waals surface area (Å²) in [6, 6.07) is 1.79. The van der Waals surface area contributed by atoms with Crippen molar-refractivity contribution in [2.24, 2.45) is 0 Å². The van der Waals surface area contributed by atoms with Crippen LogP contribution in [-0.2, 0) is 6.54 Å². The van der Waals surface area contributed by atoms with Gasteiger partial charge in [-0.25, -0.2) is 4.98 Å². The van der Waals surface area contributed by atoms with Crippen LogP contribution in [0.15, 0.2) is 12.3 Å². The second-order valence-electron chi connectivity index (χ2n) is 3.17. The summed E-state index contributed by atoms with van der Waals surface area (Å²) in [7, 11) is 0. The van der Waals surface area contributed by atoms with Crippen molar-refractivity contribution in [1.82, 2.24) is 14.8 Å². The second kappa shape index (κ2) is 3.42. The molecule has 4 nitrogen and oxygen atoms in total. The fourth-order valence-electron chi connectivity index (χ4n) is 1.34. The molecule has 2 heterocycles. The maximum absolute atomic E-state index is 5.53. The first-order chi connectivity index (χ1) is 6.65. The van der Waals surface area contributed by atoms with E-state index < -0.39 is 0 Å². The average Bonchev–Trinajstić information content (AvgIpc) is 2.61. The van der Waals surface area contributed by atoms with Crippen molar-refractivity contribution in [1.29, 1.82) is 0 Å². The predicted octanol–water partition coefficient (Wildman–Crippen LogP) is 1.59. The number of hydrogen-bond donors (Lipinski definition) is 1. The van der Waals surface area contributed by atoms with Gasteiger partial charge in [0.2, 0.25) is 0 Å². The quantitative estimate of drug-likeness (QED) is 0.815. The standard InChI is InChI=1S/C9H12N4S/c1-6-8(11-7(2)14-6)5-13-4-3-9(10)12-13/h3-4H,5H2,1-2H3,(H2,10,12). The van der Waals surface area contributed by atoms with Crippen LogP contribution < -0.4 is 5.73 Å². The third-order valence-corrected chi connectivity index (χ3v) is 2.90. The Morgan fingerprint density at radius 1 is 1.50 bits per heavy atom. The molecule has 0 unspecified atom stereocenters. The highest BCUT2D eigenvalue weighted by Gasteiger charge is 2.05. The maximum atomic E-state index is 5.53. The normalized spacial score (nSPS) is 10.7. The molecule has 0 bridgehead atoms. The summed E-state index contributed by atoms with van der Waals surface area (Å²) < 4.78 is 1.80. The zero-order valence-corrected chi connectivity index (χ0v) is 9.01. The topological polar surface area (TPSA) is 56.7 Å². The molecule has 0 radical (unpaired) electrons. The van der Waals surface area contributed by atoms with Crippen molar-refractivity contribution in [2.45, 2.75) is 20.4 Å². The van der Waals surface area contributed by atoms with Crippen LogP contribution in [0.5, 0.6) is 0 Å². The third-order valence-electron chi connectivity index (χ3n) is 1.97. The predicted molar refractivity (Wildman–Crippen MR) is 57.3 cm³/mol. The lowest BCUT2D eigenvalue weighted by Gasteiger charge is -1.98. The minimum atomic E-state index is 0.551. The summed E-state index contributed by atoms with van der Waals surface area (Å²) in [6.45, 7) is 4.79. The molecule has 2 rings (SSSR count). The van der Waals surface area contributed by atoms with Gasteiger partial charge in [0.05, 0.1) is 17.2 Å². The van der Waals surface area contributed by atoms with Gasteiger partial charge in [0, 0.05) is 11.1 Å². The molecule has 74 valence electrons. The highest BCUT2D eigenvalue weighted by Crippen LogP contribution is 2.17. The molecule has 5 heteroatoms. The van der Waals surface area contributed by atoms with Crippen LogP contribution in [0.25, 0.3) is 0 Å². The van der Waals surface area contributed by atoms with Gasteiger partial charge < -0.3 is 5.73 Å². The number of anilines is 1. The molecule has 0 aromatic carbocycles. The number of rotatable bonds is 2. The summed E-state index contributed by atoms with van der Waals surface area (Å²) in [6.07, 6.45) is 1.86. The van der Waals surface area contributed by atoms with Gasteiger partial charge >= 0.3 is 0 Å². The van der Waals surface area contributed by atoms with Crippen molar-refractivity contribution in [3.05, 3.63) is 27.8 Å². The van der Waals surface area contributed by atoms with E-state index in [1.807, 2.05) is 13.1 Å². The number of nitrogen functional groups attached to an aromatic ring is 1. The van der Waals surface area contributed by atoms with Crippen LogP contribution in [0.2, 0.25) is 0 Å². The third kappa shape index (κ3) is 1.77. The monoisotopic (exact) mass is 208 g/mol. The van der Waals surface area contributed by atoms with E-state index in [-0.39, 0.29) is 0 Å². The summed E-state index contributed by atoms with van der Waals surface area (Å²) >= 11 is 1.71. The molecule has 0 aliphatic heterocycles. The van der Waals surface area contributed by atoms with Gasteiger partial charge in [-0.1, -0.05) is 0 Å². The van der Waals surface area contributed by atoms with Crippen molar-refractivity contribution in [3.63, 3.8) is 0 Å². The molecule has 14 heavy (non-hydrogen) atoms. The van der Waals surface area contributed by atoms with Crippen LogP contribution in [0.3, 0.4) is 0 Å². The molecule has 0 saturated heterocycles. The van der Waals surface area contributed by atoms with Crippen LogP contribution in [0.1, 0.15) is 15.6 Å². The second-order valence-corrected chi connectivity index (χ2v) is 4.58. The Balaban J connectivity index is 2.22. The van der Waals surface area contributed by atoms with Crippen molar-refractivity contribution < 1.29 is 0 Å². The van der Waals surface area contributed by atoms with Crippen LogP contribution >= 0.6 is 11.3 Å². The molecular weight excluding hydrogens is 196 g/mol. The molecule has 0 aliphatic carbocycles. The Morgan fingerprint density at radius 3 is 2.79 bits per heavy atom. The Hall–Kier alpha value is -1.36. The van der Waals surface area contributed by atoms with Gasteiger partial charge in [-0.05, 0) is 19.9 Å². The maximum Gasteiger partial charge on any atom is 0.145 e. The van der Waals surface area contributed by atoms with Crippen LogP contribution in [-0.4, -0.2) is 14.8 Å². The van der Waals surface area contributed by atoms with Gasteiger partial charge in [-0.2, -0.15) is 5.10 Å². The van der Waals surface area contributed by atoms with Crippen LogP contribution in [0, 0.1) is 13.8 Å². The lowest BCUT2D eigenvalue weighted by atomic mass is 10.4. The fraction of sp³-hybridized carbons (Fsp3) is 0.333. The van der Waals surface area contributed by atoms with E-state index >= 15 is 0 Å². The van der Waals surface area contributed by atoms with Gasteiger partial charge in [0.1, 0.15) is 5.82 Å². The lowest BCUT2D eigenvalue weighted by molar-refractivity contribution is 0.675. The fourth-order valence-corrected chi connectivity index (χ4v) is 2.16. The van der Waals surface area contributed by atoms with E-state index in [0.717, 1.165) is 10.7 Å². The molecule has 0 aliphatic rings. The number of aromatic nitrogens is 3. The molecule has 2 aromatic rings. The van der Waals surface area contributed by atoms with E-state index in [0.29, 0.717) is 12.4 Å². The molecular formula is C9H12N4S. The zero-order chi connectivity index (χ0) is 10.1. The first-order valence-electron chi connectivity index (χ1n) is 4.37.